The maximum absolute atomic E-state index is 12.5. The smallest absolute Gasteiger partial charge is 0.257 e. The average molecular weight is 347 g/mol. The van der Waals surface area contributed by atoms with Crippen molar-refractivity contribution in [3.8, 4) is 11.5 Å². The first-order chi connectivity index (χ1) is 12.5. The molecule has 0 saturated carbocycles. The molecule has 2 heterocycles. The third kappa shape index (κ3) is 3.12. The van der Waals surface area contributed by atoms with Crippen LogP contribution in [0.1, 0.15) is 34.9 Å². The van der Waals surface area contributed by atoms with Gasteiger partial charge in [-0.1, -0.05) is 28.9 Å². The Bertz CT molecular complexity index is 939. The molecule has 1 unspecified atom stereocenters. The molecule has 0 aliphatic carbocycles. The fourth-order valence-corrected chi connectivity index (χ4v) is 3.45. The van der Waals surface area contributed by atoms with Crippen molar-refractivity contribution < 1.29 is 9.32 Å². The lowest BCUT2D eigenvalue weighted by Crippen LogP contribution is -2.24. The molecule has 132 valence electrons. The molecular formula is C21H21N3O2. The lowest BCUT2D eigenvalue weighted by Gasteiger charge is -2.17. The first kappa shape index (κ1) is 16.5. The molecule has 1 aliphatic heterocycles. The molecule has 1 aliphatic rings. The molecule has 2 aromatic carbocycles. The second kappa shape index (κ2) is 6.41. The van der Waals surface area contributed by atoms with Crippen LogP contribution in [0.4, 0.5) is 5.69 Å². The van der Waals surface area contributed by atoms with Gasteiger partial charge in [-0.25, -0.2) is 0 Å². The summed E-state index contributed by atoms with van der Waals surface area (Å²) in [4.78, 5) is 18.9. The molecule has 0 spiro atoms. The van der Waals surface area contributed by atoms with Crippen molar-refractivity contribution in [2.45, 2.75) is 33.1 Å². The minimum Gasteiger partial charge on any atom is -0.334 e. The zero-order valence-electron chi connectivity index (χ0n) is 15.2. The van der Waals surface area contributed by atoms with Crippen molar-refractivity contribution in [2.24, 2.45) is 0 Å². The zero-order valence-corrected chi connectivity index (χ0v) is 15.2. The van der Waals surface area contributed by atoms with Gasteiger partial charge in [-0.3, -0.25) is 4.79 Å². The largest absolute Gasteiger partial charge is 0.334 e. The highest BCUT2D eigenvalue weighted by atomic mass is 16.5. The molecule has 1 saturated heterocycles. The van der Waals surface area contributed by atoms with Crippen LogP contribution in [0.3, 0.4) is 0 Å². The van der Waals surface area contributed by atoms with E-state index >= 15 is 0 Å². The Morgan fingerprint density at radius 1 is 1.00 bits per heavy atom. The quantitative estimate of drug-likeness (QED) is 0.713. The number of nitrogens with zero attached hydrogens (tertiary/aromatic N) is 3. The van der Waals surface area contributed by atoms with E-state index in [1.165, 1.54) is 5.56 Å². The molecule has 4 rings (SSSR count). The van der Waals surface area contributed by atoms with Crippen LogP contribution in [0.25, 0.3) is 11.5 Å². The van der Waals surface area contributed by atoms with Gasteiger partial charge in [-0.05, 0) is 56.2 Å². The number of carbonyl (C=O) groups is 1. The topological polar surface area (TPSA) is 59.2 Å². The molecule has 0 bridgehead atoms. The molecule has 5 heteroatoms. The van der Waals surface area contributed by atoms with Crippen LogP contribution < -0.4 is 4.90 Å². The van der Waals surface area contributed by atoms with E-state index in [0.29, 0.717) is 24.7 Å². The standard InChI is InChI=1S/C21H21N3O2/c1-13-4-6-16(7-5-13)21-22-20(23-26-21)17-11-19(25)24(12-17)18-9-14(2)8-15(3)10-18/h4-10,17H,11-12H2,1-3H3. The number of rotatable bonds is 3. The predicted molar refractivity (Wildman–Crippen MR) is 100 cm³/mol. The summed E-state index contributed by atoms with van der Waals surface area (Å²) in [7, 11) is 0. The maximum Gasteiger partial charge on any atom is 0.257 e. The Labute approximate surface area is 152 Å². The van der Waals surface area contributed by atoms with E-state index in [4.69, 9.17) is 4.52 Å². The zero-order chi connectivity index (χ0) is 18.3. The van der Waals surface area contributed by atoms with Crippen molar-refractivity contribution in [3.05, 3.63) is 65.0 Å². The summed E-state index contributed by atoms with van der Waals surface area (Å²) in [6, 6.07) is 14.2. The van der Waals surface area contributed by atoms with Crippen molar-refractivity contribution in [1.29, 1.82) is 0 Å². The molecule has 26 heavy (non-hydrogen) atoms. The fourth-order valence-electron chi connectivity index (χ4n) is 3.45. The summed E-state index contributed by atoms with van der Waals surface area (Å²) in [5.74, 6) is 1.14. The highest BCUT2D eigenvalue weighted by molar-refractivity contribution is 5.96. The van der Waals surface area contributed by atoms with Gasteiger partial charge in [0.2, 0.25) is 5.91 Å². The van der Waals surface area contributed by atoms with E-state index in [1.807, 2.05) is 62.1 Å². The van der Waals surface area contributed by atoms with Gasteiger partial charge < -0.3 is 9.42 Å². The Balaban J connectivity index is 1.56. The van der Waals surface area contributed by atoms with Crippen LogP contribution in [0, 0.1) is 20.8 Å². The highest BCUT2D eigenvalue weighted by Crippen LogP contribution is 2.32. The van der Waals surface area contributed by atoms with E-state index in [0.717, 1.165) is 22.4 Å². The number of aromatic nitrogens is 2. The summed E-state index contributed by atoms with van der Waals surface area (Å²) in [6.07, 6.45) is 0.403. The van der Waals surface area contributed by atoms with E-state index in [-0.39, 0.29) is 11.8 Å². The summed E-state index contributed by atoms with van der Waals surface area (Å²) < 4.78 is 5.43. The first-order valence-electron chi connectivity index (χ1n) is 8.79. The van der Waals surface area contributed by atoms with Gasteiger partial charge in [-0.15, -0.1) is 0 Å². The summed E-state index contributed by atoms with van der Waals surface area (Å²) in [5.41, 5.74) is 5.32. The molecule has 1 atom stereocenters. The Morgan fingerprint density at radius 3 is 2.38 bits per heavy atom. The molecule has 1 fully saturated rings. The van der Waals surface area contributed by atoms with E-state index in [9.17, 15) is 4.79 Å². The fraction of sp³-hybridized carbons (Fsp3) is 0.286. The minimum atomic E-state index is -0.0498. The van der Waals surface area contributed by atoms with Gasteiger partial charge in [0, 0.05) is 30.1 Å². The number of anilines is 1. The van der Waals surface area contributed by atoms with E-state index in [1.54, 1.807) is 0 Å². The maximum atomic E-state index is 12.5. The van der Waals surface area contributed by atoms with Crippen molar-refractivity contribution in [1.82, 2.24) is 10.1 Å². The molecule has 5 nitrogen and oxygen atoms in total. The van der Waals surface area contributed by atoms with Crippen LogP contribution >= 0.6 is 0 Å². The third-order valence-electron chi connectivity index (χ3n) is 4.75. The number of carbonyl (C=O) groups excluding carboxylic acids is 1. The van der Waals surface area contributed by atoms with Crippen LogP contribution in [-0.2, 0) is 4.79 Å². The van der Waals surface area contributed by atoms with Gasteiger partial charge in [0.05, 0.1) is 0 Å². The van der Waals surface area contributed by atoms with Crippen molar-refractivity contribution in [3.63, 3.8) is 0 Å². The number of aryl methyl sites for hydroxylation is 3. The Morgan fingerprint density at radius 2 is 1.69 bits per heavy atom. The second-order valence-corrected chi connectivity index (χ2v) is 7.08. The number of hydrogen-bond acceptors (Lipinski definition) is 4. The highest BCUT2D eigenvalue weighted by Gasteiger charge is 2.34. The number of benzene rings is 2. The van der Waals surface area contributed by atoms with Crippen LogP contribution in [0.5, 0.6) is 0 Å². The van der Waals surface area contributed by atoms with E-state index < -0.39 is 0 Å². The third-order valence-corrected chi connectivity index (χ3v) is 4.75. The summed E-state index contributed by atoms with van der Waals surface area (Å²) in [5, 5.41) is 4.13. The molecule has 1 amide bonds. The van der Waals surface area contributed by atoms with Crippen molar-refractivity contribution in [2.75, 3.05) is 11.4 Å². The number of amides is 1. The Kier molecular flexibility index (Phi) is 4.07. The second-order valence-electron chi connectivity index (χ2n) is 7.08. The predicted octanol–water partition coefficient (Wildman–Crippen LogP) is 4.18. The Hall–Kier alpha value is -2.95. The molecule has 0 N–H and O–H groups in total. The van der Waals surface area contributed by atoms with Gasteiger partial charge in [0.1, 0.15) is 0 Å². The monoisotopic (exact) mass is 347 g/mol. The van der Waals surface area contributed by atoms with Gasteiger partial charge in [0.25, 0.3) is 5.89 Å². The van der Waals surface area contributed by atoms with Gasteiger partial charge in [-0.2, -0.15) is 4.98 Å². The van der Waals surface area contributed by atoms with Gasteiger partial charge >= 0.3 is 0 Å². The lowest BCUT2D eigenvalue weighted by molar-refractivity contribution is -0.117. The molecule has 1 aromatic heterocycles. The average Bonchev–Trinajstić information content (AvgIpc) is 3.21. The van der Waals surface area contributed by atoms with Crippen LogP contribution in [0.2, 0.25) is 0 Å². The first-order valence-corrected chi connectivity index (χ1v) is 8.79. The lowest BCUT2D eigenvalue weighted by atomic mass is 10.1. The number of hydrogen-bond donors (Lipinski definition) is 0. The van der Waals surface area contributed by atoms with Crippen LogP contribution in [-0.4, -0.2) is 22.6 Å². The van der Waals surface area contributed by atoms with Gasteiger partial charge in [0.15, 0.2) is 5.82 Å². The van der Waals surface area contributed by atoms with Crippen molar-refractivity contribution >= 4 is 11.6 Å². The van der Waals surface area contributed by atoms with Crippen LogP contribution in [0.15, 0.2) is 47.0 Å². The van der Waals surface area contributed by atoms with E-state index in [2.05, 4.69) is 16.2 Å². The SMILES string of the molecule is Cc1ccc(-c2nc(C3CC(=O)N(c4cc(C)cc(C)c4)C3)no2)cc1. The summed E-state index contributed by atoms with van der Waals surface area (Å²) >= 11 is 0. The molecular weight excluding hydrogens is 326 g/mol. The molecule has 3 aromatic rings. The minimum absolute atomic E-state index is 0.0498. The molecule has 0 radical (unpaired) electrons. The normalized spacial score (nSPS) is 17.1. The summed E-state index contributed by atoms with van der Waals surface area (Å²) in [6.45, 7) is 6.70.